The highest BCUT2D eigenvalue weighted by Gasteiger charge is 2.28. The summed E-state index contributed by atoms with van der Waals surface area (Å²) in [5.74, 6) is -0.856. The Morgan fingerprint density at radius 2 is 1.70 bits per heavy atom. The number of anilines is 1. The summed E-state index contributed by atoms with van der Waals surface area (Å²) in [4.78, 5) is 24.7. The molecule has 0 saturated carbocycles. The molecule has 0 radical (unpaired) electrons. The van der Waals surface area contributed by atoms with Crippen molar-refractivity contribution in [3.05, 3.63) is 53.1 Å². The Morgan fingerprint density at radius 1 is 1.00 bits per heavy atom. The number of phenols is 1. The number of benzene rings is 2. The van der Waals surface area contributed by atoms with Crippen LogP contribution in [0.15, 0.2) is 41.3 Å². The van der Waals surface area contributed by atoms with Crippen LogP contribution in [0.25, 0.3) is 0 Å². The number of hydrogen-bond donors (Lipinski definition) is 2. The molecule has 160 valence electrons. The smallest absolute Gasteiger partial charge is 0.243 e. The maximum Gasteiger partial charge on any atom is 0.243 e. The SMILES string of the molecule is Cc1ccc(C(=O)CCC(=O)Nc2cc(S(=O)(=O)N3CCCC3)ccc2O)cc1C. The van der Waals surface area contributed by atoms with E-state index in [1.165, 1.54) is 22.5 Å². The molecule has 7 nitrogen and oxygen atoms in total. The van der Waals surface area contributed by atoms with Gasteiger partial charge in [0.1, 0.15) is 5.75 Å². The van der Waals surface area contributed by atoms with Crippen molar-refractivity contribution in [2.45, 2.75) is 44.4 Å². The second-order valence-electron chi connectivity index (χ2n) is 7.56. The number of rotatable bonds is 7. The number of carbonyl (C=O) groups is 2. The Kier molecular flexibility index (Phi) is 6.58. The van der Waals surface area contributed by atoms with Crippen LogP contribution >= 0.6 is 0 Å². The predicted molar refractivity (Wildman–Crippen MR) is 114 cm³/mol. The molecule has 0 aliphatic carbocycles. The molecule has 8 heteroatoms. The number of nitrogens with one attached hydrogen (secondary N) is 1. The Hall–Kier alpha value is -2.71. The summed E-state index contributed by atoms with van der Waals surface area (Å²) in [7, 11) is -3.67. The van der Waals surface area contributed by atoms with Crippen LogP contribution in [0.5, 0.6) is 5.75 Å². The van der Waals surface area contributed by atoms with E-state index in [0.29, 0.717) is 18.7 Å². The average molecular weight is 431 g/mol. The van der Waals surface area contributed by atoms with Gasteiger partial charge in [-0.15, -0.1) is 0 Å². The van der Waals surface area contributed by atoms with Crippen molar-refractivity contribution in [3.8, 4) is 5.75 Å². The van der Waals surface area contributed by atoms with E-state index in [-0.39, 0.29) is 35.0 Å². The van der Waals surface area contributed by atoms with Gasteiger partial charge >= 0.3 is 0 Å². The Labute approximate surface area is 176 Å². The lowest BCUT2D eigenvalue weighted by Crippen LogP contribution is -2.28. The van der Waals surface area contributed by atoms with Crippen molar-refractivity contribution in [1.29, 1.82) is 0 Å². The van der Waals surface area contributed by atoms with Gasteiger partial charge in [0.05, 0.1) is 10.6 Å². The zero-order chi connectivity index (χ0) is 21.9. The largest absolute Gasteiger partial charge is 0.506 e. The minimum absolute atomic E-state index is 0.0129. The summed E-state index contributed by atoms with van der Waals surface area (Å²) in [5, 5.41) is 12.6. The average Bonchev–Trinajstić information content (AvgIpc) is 3.25. The Balaban J connectivity index is 1.66. The molecule has 0 bridgehead atoms. The Morgan fingerprint density at radius 3 is 2.37 bits per heavy atom. The molecule has 3 rings (SSSR count). The number of Topliss-reactive ketones (excluding diaryl/α,β-unsaturated/α-hetero) is 1. The molecule has 0 spiro atoms. The fraction of sp³-hybridized carbons (Fsp3) is 0.364. The van der Waals surface area contributed by atoms with Crippen LogP contribution in [0.4, 0.5) is 5.69 Å². The summed E-state index contributed by atoms with van der Waals surface area (Å²) in [5.41, 5.74) is 2.65. The van der Waals surface area contributed by atoms with E-state index in [9.17, 15) is 23.1 Å². The quantitative estimate of drug-likeness (QED) is 0.518. The molecule has 1 aliphatic rings. The molecule has 0 unspecified atom stereocenters. The van der Waals surface area contributed by atoms with Crippen LogP contribution in [-0.2, 0) is 14.8 Å². The van der Waals surface area contributed by atoms with E-state index in [1.54, 1.807) is 12.1 Å². The Bertz CT molecular complexity index is 1070. The summed E-state index contributed by atoms with van der Waals surface area (Å²) in [6.45, 7) is 4.81. The zero-order valence-electron chi connectivity index (χ0n) is 17.1. The van der Waals surface area contributed by atoms with Crippen LogP contribution in [0.1, 0.15) is 47.2 Å². The van der Waals surface area contributed by atoms with Gasteiger partial charge in [0, 0.05) is 31.5 Å². The maximum absolute atomic E-state index is 12.7. The molecule has 1 fully saturated rings. The van der Waals surface area contributed by atoms with Gasteiger partial charge in [0.25, 0.3) is 0 Å². The third-order valence-electron chi connectivity index (χ3n) is 5.35. The molecular formula is C22H26N2O5S. The first-order chi connectivity index (χ1) is 14.2. The highest BCUT2D eigenvalue weighted by Crippen LogP contribution is 2.29. The maximum atomic E-state index is 12.7. The first kappa shape index (κ1) is 22.0. The van der Waals surface area contributed by atoms with Crippen LogP contribution < -0.4 is 5.32 Å². The lowest BCUT2D eigenvalue weighted by molar-refractivity contribution is -0.116. The number of phenolic OH excluding ortho intramolecular Hbond substituents is 1. The molecule has 2 aromatic carbocycles. The summed E-state index contributed by atoms with van der Waals surface area (Å²) >= 11 is 0. The molecule has 1 saturated heterocycles. The van der Waals surface area contributed by atoms with Gasteiger partial charge in [0.2, 0.25) is 15.9 Å². The fourth-order valence-electron chi connectivity index (χ4n) is 3.35. The van der Waals surface area contributed by atoms with Gasteiger partial charge in [0.15, 0.2) is 5.78 Å². The highest BCUT2D eigenvalue weighted by atomic mass is 32.2. The molecule has 1 aliphatic heterocycles. The number of aromatic hydroxyl groups is 1. The van der Waals surface area contributed by atoms with Crippen LogP contribution in [0, 0.1) is 13.8 Å². The number of carbonyl (C=O) groups excluding carboxylic acids is 2. The number of amides is 1. The molecule has 0 aromatic heterocycles. The summed E-state index contributed by atoms with van der Waals surface area (Å²) in [6.07, 6.45) is 1.57. The first-order valence-electron chi connectivity index (χ1n) is 9.92. The van der Waals surface area contributed by atoms with Gasteiger partial charge < -0.3 is 10.4 Å². The molecule has 2 N–H and O–H groups in total. The monoisotopic (exact) mass is 430 g/mol. The van der Waals surface area contributed by atoms with Crippen LogP contribution in [-0.4, -0.2) is 42.6 Å². The normalized spacial score (nSPS) is 14.6. The number of sulfonamides is 1. The van der Waals surface area contributed by atoms with Crippen molar-refractivity contribution in [3.63, 3.8) is 0 Å². The van der Waals surface area contributed by atoms with Gasteiger partial charge in [-0.3, -0.25) is 9.59 Å². The molecule has 1 heterocycles. The van der Waals surface area contributed by atoms with Crippen molar-refractivity contribution < 1.29 is 23.1 Å². The predicted octanol–water partition coefficient (Wildman–Crippen LogP) is 3.40. The van der Waals surface area contributed by atoms with Crippen molar-refractivity contribution >= 4 is 27.4 Å². The number of ketones is 1. The van der Waals surface area contributed by atoms with Crippen molar-refractivity contribution in [2.24, 2.45) is 0 Å². The van der Waals surface area contributed by atoms with E-state index in [2.05, 4.69) is 5.32 Å². The minimum Gasteiger partial charge on any atom is -0.506 e. The van der Waals surface area contributed by atoms with Gasteiger partial charge in [-0.25, -0.2) is 8.42 Å². The molecular weight excluding hydrogens is 404 g/mol. The fourth-order valence-corrected chi connectivity index (χ4v) is 4.90. The highest BCUT2D eigenvalue weighted by molar-refractivity contribution is 7.89. The second kappa shape index (κ2) is 8.97. The van der Waals surface area contributed by atoms with Gasteiger partial charge in [-0.05, 0) is 62.1 Å². The third-order valence-corrected chi connectivity index (χ3v) is 7.25. The van der Waals surface area contributed by atoms with Crippen molar-refractivity contribution in [2.75, 3.05) is 18.4 Å². The van der Waals surface area contributed by atoms with Gasteiger partial charge in [-0.2, -0.15) is 4.31 Å². The van der Waals surface area contributed by atoms with E-state index < -0.39 is 15.9 Å². The number of nitrogens with zero attached hydrogens (tertiary/aromatic N) is 1. The standard InChI is InChI=1S/C22H26N2O5S/c1-15-5-6-17(13-16(15)2)20(25)9-10-22(27)23-19-14-18(7-8-21(19)26)30(28,29)24-11-3-4-12-24/h5-8,13-14,26H,3-4,9-12H2,1-2H3,(H,23,27). The molecule has 1 amide bonds. The second-order valence-corrected chi connectivity index (χ2v) is 9.50. The molecule has 0 atom stereocenters. The van der Waals surface area contributed by atoms with E-state index in [0.717, 1.165) is 24.0 Å². The number of hydrogen-bond acceptors (Lipinski definition) is 5. The van der Waals surface area contributed by atoms with E-state index in [4.69, 9.17) is 0 Å². The lowest BCUT2D eigenvalue weighted by atomic mass is 10.0. The van der Waals surface area contributed by atoms with Crippen molar-refractivity contribution in [1.82, 2.24) is 4.31 Å². The third kappa shape index (κ3) is 4.88. The topological polar surface area (TPSA) is 104 Å². The summed E-state index contributed by atoms with van der Waals surface area (Å²) < 4.78 is 26.8. The lowest BCUT2D eigenvalue weighted by Gasteiger charge is -2.16. The first-order valence-corrected chi connectivity index (χ1v) is 11.4. The molecule has 2 aromatic rings. The summed E-state index contributed by atoms with van der Waals surface area (Å²) in [6, 6.07) is 9.23. The number of aryl methyl sites for hydroxylation is 2. The van der Waals surface area contributed by atoms with E-state index in [1.807, 2.05) is 19.9 Å². The van der Waals surface area contributed by atoms with Gasteiger partial charge in [-0.1, -0.05) is 12.1 Å². The zero-order valence-corrected chi connectivity index (χ0v) is 18.0. The minimum atomic E-state index is -3.67. The van der Waals surface area contributed by atoms with Crippen LogP contribution in [0.2, 0.25) is 0 Å². The van der Waals surface area contributed by atoms with E-state index >= 15 is 0 Å². The van der Waals surface area contributed by atoms with Crippen LogP contribution in [0.3, 0.4) is 0 Å². The molecule has 30 heavy (non-hydrogen) atoms.